The lowest BCUT2D eigenvalue weighted by Gasteiger charge is -2.19. The van der Waals surface area contributed by atoms with Gasteiger partial charge in [-0.25, -0.2) is 4.79 Å². The molecule has 1 rings (SSSR count). The van der Waals surface area contributed by atoms with Gasteiger partial charge in [0.2, 0.25) is 0 Å². The number of methoxy groups -OCH3 is 1. The molecule has 0 radical (unpaired) electrons. The van der Waals surface area contributed by atoms with Gasteiger partial charge < -0.3 is 14.7 Å². The highest BCUT2D eigenvalue weighted by Gasteiger charge is 2.16. The van der Waals surface area contributed by atoms with Gasteiger partial charge in [0.15, 0.2) is 0 Å². The molecular weight excluding hydrogens is 246 g/mol. The number of amides is 1. The molecule has 0 aliphatic rings. The first-order chi connectivity index (χ1) is 9.03. The Labute approximate surface area is 112 Å². The lowest BCUT2D eigenvalue weighted by atomic mass is 10.1. The molecule has 0 spiro atoms. The largest absolute Gasteiger partial charge is 0.497 e. The molecule has 0 fully saturated rings. The van der Waals surface area contributed by atoms with Crippen molar-refractivity contribution in [2.24, 2.45) is 0 Å². The Morgan fingerprint density at radius 2 is 2.00 bits per heavy atom. The first-order valence-corrected chi connectivity index (χ1v) is 5.86. The lowest BCUT2D eigenvalue weighted by molar-refractivity contribution is 0.0696. The molecule has 0 saturated heterocycles. The summed E-state index contributed by atoms with van der Waals surface area (Å²) in [7, 11) is 1.43. The summed E-state index contributed by atoms with van der Waals surface area (Å²) in [6.07, 6.45) is 1.62. The second-order valence-electron chi connectivity index (χ2n) is 3.89. The minimum atomic E-state index is -1.10. The molecule has 1 aromatic carbocycles. The van der Waals surface area contributed by atoms with E-state index >= 15 is 0 Å². The van der Waals surface area contributed by atoms with E-state index in [0.717, 1.165) is 0 Å². The Balaban J connectivity index is 3.17. The van der Waals surface area contributed by atoms with Gasteiger partial charge in [0, 0.05) is 18.7 Å². The maximum atomic E-state index is 12.2. The number of carboxylic acid groups (broad SMARTS) is 1. The molecule has 5 heteroatoms. The molecule has 0 heterocycles. The van der Waals surface area contributed by atoms with E-state index in [1.54, 1.807) is 11.0 Å². The molecule has 0 saturated carbocycles. The van der Waals surface area contributed by atoms with Crippen molar-refractivity contribution in [3.05, 3.63) is 42.0 Å². The molecule has 5 nitrogen and oxygen atoms in total. The predicted molar refractivity (Wildman–Crippen MR) is 71.7 cm³/mol. The summed E-state index contributed by atoms with van der Waals surface area (Å²) >= 11 is 0. The molecule has 0 aromatic heterocycles. The standard InChI is InChI=1S/C14H17NO4/c1-4-6-15(5-2)13(16)10-7-11(14(17)18)9-12(8-10)19-3/h4,7-9H,1,5-6H2,2-3H3,(H,17,18). The van der Waals surface area contributed by atoms with Gasteiger partial charge in [-0.3, -0.25) is 4.79 Å². The van der Waals surface area contributed by atoms with E-state index < -0.39 is 5.97 Å². The van der Waals surface area contributed by atoms with Crippen LogP contribution in [0.1, 0.15) is 27.6 Å². The second-order valence-corrected chi connectivity index (χ2v) is 3.89. The zero-order chi connectivity index (χ0) is 14.4. The van der Waals surface area contributed by atoms with E-state index in [0.29, 0.717) is 24.4 Å². The highest BCUT2D eigenvalue weighted by atomic mass is 16.5. The summed E-state index contributed by atoms with van der Waals surface area (Å²) in [5.74, 6) is -0.999. The Bertz CT molecular complexity index is 496. The van der Waals surface area contributed by atoms with Crippen molar-refractivity contribution in [1.82, 2.24) is 4.90 Å². The molecule has 0 atom stereocenters. The summed E-state index contributed by atoms with van der Waals surface area (Å²) in [6.45, 7) is 6.37. The molecule has 19 heavy (non-hydrogen) atoms. The van der Waals surface area contributed by atoms with Gasteiger partial charge >= 0.3 is 5.97 Å². The third kappa shape index (κ3) is 3.58. The summed E-state index contributed by atoms with van der Waals surface area (Å²) in [5, 5.41) is 9.01. The van der Waals surface area contributed by atoms with Gasteiger partial charge in [0.1, 0.15) is 5.75 Å². The van der Waals surface area contributed by atoms with Crippen LogP contribution in [-0.2, 0) is 0 Å². The van der Waals surface area contributed by atoms with Crippen molar-refractivity contribution in [3.8, 4) is 5.75 Å². The second kappa shape index (κ2) is 6.58. The number of hydrogen-bond acceptors (Lipinski definition) is 3. The van der Waals surface area contributed by atoms with Crippen molar-refractivity contribution in [2.75, 3.05) is 20.2 Å². The van der Waals surface area contributed by atoms with Crippen LogP contribution in [0.15, 0.2) is 30.9 Å². The topological polar surface area (TPSA) is 66.8 Å². The monoisotopic (exact) mass is 263 g/mol. The molecular formula is C14H17NO4. The molecule has 1 aromatic rings. The quantitative estimate of drug-likeness (QED) is 0.797. The Morgan fingerprint density at radius 3 is 2.47 bits per heavy atom. The van der Waals surface area contributed by atoms with Gasteiger partial charge in [-0.1, -0.05) is 6.08 Å². The SMILES string of the molecule is C=CCN(CC)C(=O)c1cc(OC)cc(C(=O)O)c1. The van der Waals surface area contributed by atoms with E-state index in [9.17, 15) is 9.59 Å². The zero-order valence-corrected chi connectivity index (χ0v) is 11.0. The van der Waals surface area contributed by atoms with E-state index in [1.165, 1.54) is 25.3 Å². The van der Waals surface area contributed by atoms with Crippen LogP contribution in [-0.4, -0.2) is 42.1 Å². The van der Waals surface area contributed by atoms with Crippen molar-refractivity contribution < 1.29 is 19.4 Å². The first kappa shape index (κ1) is 14.8. The van der Waals surface area contributed by atoms with E-state index in [4.69, 9.17) is 9.84 Å². The summed E-state index contributed by atoms with van der Waals surface area (Å²) in [6, 6.07) is 4.25. The smallest absolute Gasteiger partial charge is 0.335 e. The minimum absolute atomic E-state index is 0.0253. The summed E-state index contributed by atoms with van der Waals surface area (Å²) in [4.78, 5) is 24.8. The Morgan fingerprint density at radius 1 is 1.37 bits per heavy atom. The Hall–Kier alpha value is -2.30. The molecule has 0 unspecified atom stereocenters. The van der Waals surface area contributed by atoms with Gasteiger partial charge in [-0.2, -0.15) is 0 Å². The number of aromatic carboxylic acids is 1. The van der Waals surface area contributed by atoms with E-state index in [-0.39, 0.29) is 11.5 Å². The normalized spacial score (nSPS) is 9.79. The van der Waals surface area contributed by atoms with Crippen molar-refractivity contribution in [2.45, 2.75) is 6.92 Å². The maximum absolute atomic E-state index is 12.2. The third-order valence-electron chi connectivity index (χ3n) is 2.65. The molecule has 1 amide bonds. The fourth-order valence-electron chi connectivity index (χ4n) is 1.66. The molecule has 0 aliphatic carbocycles. The van der Waals surface area contributed by atoms with Gasteiger partial charge in [-0.15, -0.1) is 6.58 Å². The van der Waals surface area contributed by atoms with Crippen LogP contribution >= 0.6 is 0 Å². The highest BCUT2D eigenvalue weighted by Crippen LogP contribution is 2.18. The highest BCUT2D eigenvalue weighted by molar-refractivity contribution is 5.98. The van der Waals surface area contributed by atoms with E-state index in [2.05, 4.69) is 6.58 Å². The molecule has 102 valence electrons. The third-order valence-corrected chi connectivity index (χ3v) is 2.65. The van der Waals surface area contributed by atoms with E-state index in [1.807, 2.05) is 6.92 Å². The fourth-order valence-corrected chi connectivity index (χ4v) is 1.66. The lowest BCUT2D eigenvalue weighted by Crippen LogP contribution is -2.31. The number of nitrogens with zero attached hydrogens (tertiary/aromatic N) is 1. The first-order valence-electron chi connectivity index (χ1n) is 5.86. The summed E-state index contributed by atoms with van der Waals surface area (Å²) in [5.41, 5.74) is 0.317. The number of ether oxygens (including phenoxy) is 1. The number of hydrogen-bond donors (Lipinski definition) is 1. The average molecular weight is 263 g/mol. The number of carboxylic acids is 1. The minimum Gasteiger partial charge on any atom is -0.497 e. The van der Waals surface area contributed by atoms with Crippen LogP contribution in [0.25, 0.3) is 0 Å². The number of carbonyl (C=O) groups is 2. The van der Waals surface area contributed by atoms with Gasteiger partial charge in [0.25, 0.3) is 5.91 Å². The molecule has 0 bridgehead atoms. The van der Waals surface area contributed by atoms with Crippen LogP contribution in [0.5, 0.6) is 5.75 Å². The number of carbonyl (C=O) groups excluding carboxylic acids is 1. The number of likely N-dealkylation sites (N-methyl/N-ethyl adjacent to an activating group) is 1. The van der Waals surface area contributed by atoms with Crippen LogP contribution in [0.2, 0.25) is 0 Å². The van der Waals surface area contributed by atoms with Crippen LogP contribution in [0.4, 0.5) is 0 Å². The van der Waals surface area contributed by atoms with Gasteiger partial charge in [0.05, 0.1) is 12.7 Å². The van der Waals surface area contributed by atoms with Crippen molar-refractivity contribution in [3.63, 3.8) is 0 Å². The van der Waals surface area contributed by atoms with Crippen LogP contribution in [0.3, 0.4) is 0 Å². The van der Waals surface area contributed by atoms with Crippen molar-refractivity contribution >= 4 is 11.9 Å². The summed E-state index contributed by atoms with van der Waals surface area (Å²) < 4.78 is 5.01. The molecule has 0 aliphatic heterocycles. The van der Waals surface area contributed by atoms with Crippen LogP contribution < -0.4 is 4.74 Å². The fraction of sp³-hybridized carbons (Fsp3) is 0.286. The average Bonchev–Trinajstić information content (AvgIpc) is 2.43. The van der Waals surface area contributed by atoms with Gasteiger partial charge in [-0.05, 0) is 25.1 Å². The zero-order valence-electron chi connectivity index (χ0n) is 11.0. The molecule has 1 N–H and O–H groups in total. The van der Waals surface area contributed by atoms with Crippen molar-refractivity contribution in [1.29, 1.82) is 0 Å². The van der Waals surface area contributed by atoms with Crippen LogP contribution in [0, 0.1) is 0 Å². The number of rotatable bonds is 6. The predicted octanol–water partition coefficient (Wildman–Crippen LogP) is 2.04. The Kier molecular flexibility index (Phi) is 5.11. The maximum Gasteiger partial charge on any atom is 0.335 e. The number of benzene rings is 1.